The van der Waals surface area contributed by atoms with E-state index in [0.717, 1.165) is 109 Å². The van der Waals surface area contributed by atoms with Crippen molar-refractivity contribution in [1.82, 2.24) is 0 Å². The van der Waals surface area contributed by atoms with Gasteiger partial charge in [-0.15, -0.1) is 0 Å². The predicted molar refractivity (Wildman–Crippen MR) is 389 cm³/mol. The van der Waals surface area contributed by atoms with Gasteiger partial charge in [0.15, 0.2) is 6.10 Å². The van der Waals surface area contributed by atoms with E-state index in [-0.39, 0.29) is 25.2 Å². The maximum atomic E-state index is 12.4. The quantitative estimate of drug-likeness (QED) is 0.0373. The fourth-order valence-electron chi connectivity index (χ4n) is 10.9. The molecule has 0 heterocycles. The number of allylic oxidation sites excluding steroid dienone is 22. The van der Waals surface area contributed by atoms with Crippen LogP contribution in [0.2, 0.25) is 0 Å². The van der Waals surface area contributed by atoms with Gasteiger partial charge in [0.05, 0.1) is 6.61 Å². The van der Waals surface area contributed by atoms with E-state index in [0.29, 0.717) is 12.8 Å². The number of carbonyl (C=O) groups excluding carboxylic acids is 2. The molecule has 1 N–H and O–H groups in total. The van der Waals surface area contributed by atoms with Crippen LogP contribution in [-0.2, 0) is 19.1 Å². The van der Waals surface area contributed by atoms with Gasteiger partial charge in [-0.1, -0.05) is 372 Å². The zero-order valence-electron chi connectivity index (χ0n) is 58.0. The van der Waals surface area contributed by atoms with Crippen LogP contribution < -0.4 is 0 Å². The Morgan fingerprint density at radius 3 is 0.682 bits per heavy atom. The van der Waals surface area contributed by atoms with E-state index in [1.54, 1.807) is 0 Å². The first-order valence-corrected chi connectivity index (χ1v) is 37.7. The minimum absolute atomic E-state index is 0.0672. The molecule has 0 aliphatic carbocycles. The van der Waals surface area contributed by atoms with Gasteiger partial charge in [0.1, 0.15) is 6.61 Å². The van der Waals surface area contributed by atoms with E-state index in [4.69, 9.17) is 9.47 Å². The van der Waals surface area contributed by atoms with Crippen LogP contribution >= 0.6 is 0 Å². The molecule has 1 unspecified atom stereocenters. The molecule has 5 nitrogen and oxygen atoms in total. The van der Waals surface area contributed by atoms with Gasteiger partial charge in [-0.2, -0.15) is 0 Å². The third-order valence-electron chi connectivity index (χ3n) is 16.4. The fraction of sp³-hybridized carbons (Fsp3) is 0.711. The van der Waals surface area contributed by atoms with E-state index in [1.165, 1.54) is 225 Å². The number of hydrogen-bond acceptors (Lipinski definition) is 5. The summed E-state index contributed by atoms with van der Waals surface area (Å²) >= 11 is 0. The Morgan fingerprint density at radius 1 is 0.261 bits per heavy atom. The molecule has 0 amide bonds. The lowest BCUT2D eigenvalue weighted by molar-refractivity contribution is -0.161. The molecule has 88 heavy (non-hydrogen) atoms. The number of aliphatic hydroxyl groups excluding tert-OH is 1. The van der Waals surface area contributed by atoms with Gasteiger partial charge >= 0.3 is 11.9 Å². The molecular formula is C83H142O5. The lowest BCUT2D eigenvalue weighted by atomic mass is 10.0. The van der Waals surface area contributed by atoms with Crippen molar-refractivity contribution in [2.45, 2.75) is 367 Å². The molecule has 504 valence electrons. The molecule has 0 aromatic rings. The Bertz CT molecular complexity index is 1770. The van der Waals surface area contributed by atoms with Crippen molar-refractivity contribution >= 4 is 11.9 Å². The van der Waals surface area contributed by atoms with Gasteiger partial charge in [-0.05, 0) is 109 Å². The van der Waals surface area contributed by atoms with Gasteiger partial charge in [0, 0.05) is 12.8 Å². The summed E-state index contributed by atoms with van der Waals surface area (Å²) in [6.07, 6.45) is 115. The number of rotatable bonds is 69. The maximum Gasteiger partial charge on any atom is 0.306 e. The number of aliphatic hydroxyl groups is 1. The van der Waals surface area contributed by atoms with Crippen molar-refractivity contribution in [3.63, 3.8) is 0 Å². The SMILES string of the molecule is CC/C=C\C/C=C\C/C=C\C/C=C\C/C=C\C/C=C\C/C=C\CCCCCCCCCCCCCCCC(=O)OC(CO)COC(=O)CCCCCCCCCCCCCCCCCCCCCCCCCCCC/C=C\C/C=C\C/C=C\C/C=C\CC. The van der Waals surface area contributed by atoms with Crippen LogP contribution in [0.15, 0.2) is 134 Å². The molecule has 0 fully saturated rings. The molecule has 0 bridgehead atoms. The summed E-state index contributed by atoms with van der Waals surface area (Å²) in [4.78, 5) is 24.7. The fourth-order valence-corrected chi connectivity index (χ4v) is 10.9. The van der Waals surface area contributed by atoms with Gasteiger partial charge in [0.25, 0.3) is 0 Å². The third-order valence-corrected chi connectivity index (χ3v) is 16.4. The highest BCUT2D eigenvalue weighted by molar-refractivity contribution is 5.70. The number of ether oxygens (including phenoxy) is 2. The Hall–Kier alpha value is -3.96. The van der Waals surface area contributed by atoms with Gasteiger partial charge < -0.3 is 14.6 Å². The van der Waals surface area contributed by atoms with Crippen molar-refractivity contribution in [2.24, 2.45) is 0 Å². The van der Waals surface area contributed by atoms with Crippen molar-refractivity contribution in [2.75, 3.05) is 13.2 Å². The maximum absolute atomic E-state index is 12.4. The third kappa shape index (κ3) is 74.5. The molecule has 0 aliphatic heterocycles. The topological polar surface area (TPSA) is 72.8 Å². The standard InChI is InChI=1S/C83H142O5/c1-3-5-7-9-11-13-15-17-19-21-23-25-27-29-31-33-35-37-39-40-41-42-44-45-47-49-51-53-55-57-59-61-63-65-67-69-71-73-75-77-82(85)87-80-81(79-84)88-83(86)78-76-74-72-70-68-66-64-62-60-58-56-54-52-50-48-46-43-38-36-34-32-30-28-26-24-22-20-18-16-14-12-10-8-6-4-2/h5-8,11-14,17-20,23-26,30,32,36,38,46,48,81,84H,3-4,9-10,15-16,21-22,27-29,31,33-35,37,39-45,47,49-80H2,1-2H3/b7-5-,8-6-,13-11-,14-12-,19-17-,20-18-,25-23-,26-24-,32-30-,38-36-,48-46-. The number of hydrogen-bond donors (Lipinski definition) is 1. The molecule has 0 radical (unpaired) electrons. The summed E-state index contributed by atoms with van der Waals surface area (Å²) in [6.45, 7) is 3.95. The molecule has 0 rings (SSSR count). The summed E-state index contributed by atoms with van der Waals surface area (Å²) in [7, 11) is 0. The highest BCUT2D eigenvalue weighted by Crippen LogP contribution is 2.18. The first-order valence-electron chi connectivity index (χ1n) is 37.7. The zero-order valence-corrected chi connectivity index (χ0v) is 58.0. The average Bonchev–Trinajstić information content (AvgIpc) is 3.54. The largest absolute Gasteiger partial charge is 0.462 e. The normalized spacial score (nSPS) is 13.0. The summed E-state index contributed by atoms with van der Waals surface area (Å²) < 4.78 is 10.8. The van der Waals surface area contributed by atoms with Crippen molar-refractivity contribution in [3.8, 4) is 0 Å². The molecule has 0 saturated heterocycles. The Kier molecular flexibility index (Phi) is 73.8. The number of esters is 2. The Morgan fingerprint density at radius 2 is 0.455 bits per heavy atom. The lowest BCUT2D eigenvalue weighted by Gasteiger charge is -2.15. The predicted octanol–water partition coefficient (Wildman–Crippen LogP) is 26.7. The number of unbranched alkanes of at least 4 members (excludes halogenated alkanes) is 39. The Labute approximate surface area is 546 Å². The van der Waals surface area contributed by atoms with Crippen LogP contribution in [0.1, 0.15) is 361 Å². The summed E-state index contributed by atoms with van der Waals surface area (Å²) in [5.74, 6) is -0.580. The summed E-state index contributed by atoms with van der Waals surface area (Å²) in [5, 5.41) is 9.72. The molecule has 0 spiro atoms. The minimum atomic E-state index is -0.779. The van der Waals surface area contributed by atoms with Crippen molar-refractivity contribution in [1.29, 1.82) is 0 Å². The highest BCUT2D eigenvalue weighted by Gasteiger charge is 2.16. The summed E-state index contributed by atoms with van der Waals surface area (Å²) in [6, 6.07) is 0. The second-order valence-corrected chi connectivity index (χ2v) is 25.0. The Balaban J connectivity index is 3.44. The van der Waals surface area contributed by atoms with E-state index >= 15 is 0 Å². The average molecular weight is 1220 g/mol. The molecule has 5 heteroatoms. The monoisotopic (exact) mass is 1220 g/mol. The van der Waals surface area contributed by atoms with Gasteiger partial charge in [0.2, 0.25) is 0 Å². The first kappa shape index (κ1) is 84.0. The van der Waals surface area contributed by atoms with Crippen LogP contribution in [0.4, 0.5) is 0 Å². The van der Waals surface area contributed by atoms with Crippen molar-refractivity contribution in [3.05, 3.63) is 134 Å². The van der Waals surface area contributed by atoms with Crippen LogP contribution in [0.25, 0.3) is 0 Å². The van der Waals surface area contributed by atoms with Gasteiger partial charge in [-0.3, -0.25) is 9.59 Å². The molecule has 0 aromatic heterocycles. The molecule has 1 atom stereocenters. The zero-order chi connectivity index (χ0) is 63.3. The first-order chi connectivity index (χ1) is 43.6. The van der Waals surface area contributed by atoms with Crippen LogP contribution in [0.3, 0.4) is 0 Å². The lowest BCUT2D eigenvalue weighted by Crippen LogP contribution is -2.28. The molecule has 0 aromatic carbocycles. The molecular weight excluding hydrogens is 1080 g/mol. The second kappa shape index (κ2) is 77.3. The van der Waals surface area contributed by atoms with E-state index < -0.39 is 6.10 Å². The highest BCUT2D eigenvalue weighted by atomic mass is 16.6. The molecule has 0 saturated carbocycles. The van der Waals surface area contributed by atoms with E-state index in [1.807, 2.05) is 0 Å². The van der Waals surface area contributed by atoms with E-state index in [2.05, 4.69) is 148 Å². The van der Waals surface area contributed by atoms with Crippen LogP contribution in [-0.4, -0.2) is 36.4 Å². The number of carbonyl (C=O) groups is 2. The van der Waals surface area contributed by atoms with Crippen LogP contribution in [0, 0.1) is 0 Å². The molecule has 0 aliphatic rings. The summed E-state index contributed by atoms with van der Waals surface area (Å²) in [5.41, 5.74) is 0. The van der Waals surface area contributed by atoms with E-state index in [9.17, 15) is 14.7 Å². The van der Waals surface area contributed by atoms with Gasteiger partial charge in [-0.25, -0.2) is 0 Å². The van der Waals surface area contributed by atoms with Crippen LogP contribution in [0.5, 0.6) is 0 Å². The van der Waals surface area contributed by atoms with Crippen molar-refractivity contribution < 1.29 is 24.2 Å². The minimum Gasteiger partial charge on any atom is -0.462 e. The second-order valence-electron chi connectivity index (χ2n) is 25.0. The smallest absolute Gasteiger partial charge is 0.306 e.